The number of nitrogens with zero attached hydrogens (tertiary/aromatic N) is 1. The molecule has 1 aromatic carbocycles. The Morgan fingerprint density at radius 1 is 1.44 bits per heavy atom. The van der Waals surface area contributed by atoms with E-state index in [-0.39, 0.29) is 10.8 Å². The number of rotatable bonds is 3. The molecule has 0 bridgehead atoms. The number of carbonyl (C=O) groups is 1. The Balaban J connectivity index is 1.94. The molecule has 5 heteroatoms. The molecule has 5 nitrogen and oxygen atoms in total. The third kappa shape index (κ3) is 2.18. The summed E-state index contributed by atoms with van der Waals surface area (Å²) in [6, 6.07) is 6.65. The first-order valence-corrected chi connectivity index (χ1v) is 5.09. The van der Waals surface area contributed by atoms with Crippen molar-refractivity contribution in [2.45, 2.75) is 19.4 Å². The number of carbonyl (C=O) groups excluding carboxylic acids is 1. The predicted molar refractivity (Wildman–Crippen MR) is 58.7 cm³/mol. The Morgan fingerprint density at radius 3 is 2.56 bits per heavy atom. The van der Waals surface area contributed by atoms with E-state index in [2.05, 4.69) is 5.32 Å². The van der Waals surface area contributed by atoms with Crippen LogP contribution in [0.25, 0.3) is 0 Å². The number of hydrogen-bond acceptors (Lipinski definition) is 3. The van der Waals surface area contributed by atoms with Crippen LogP contribution < -0.4 is 5.32 Å². The molecule has 1 aromatic rings. The lowest BCUT2D eigenvalue weighted by Gasteiger charge is -2.03. The van der Waals surface area contributed by atoms with E-state index in [1.54, 1.807) is 12.1 Å². The highest BCUT2D eigenvalue weighted by Crippen LogP contribution is 2.34. The van der Waals surface area contributed by atoms with Crippen LogP contribution in [0.15, 0.2) is 24.3 Å². The van der Waals surface area contributed by atoms with Gasteiger partial charge in [0.15, 0.2) is 0 Å². The van der Waals surface area contributed by atoms with E-state index in [1.165, 1.54) is 0 Å². The molecule has 84 valence electrons. The van der Waals surface area contributed by atoms with Crippen molar-refractivity contribution in [3.8, 4) is 0 Å². The van der Waals surface area contributed by atoms with Gasteiger partial charge in [0.1, 0.15) is 5.92 Å². The van der Waals surface area contributed by atoms with Crippen molar-refractivity contribution in [1.29, 1.82) is 0 Å². The molecule has 0 radical (unpaired) electrons. The minimum absolute atomic E-state index is 0.259. The van der Waals surface area contributed by atoms with Crippen LogP contribution in [0.1, 0.15) is 12.0 Å². The fraction of sp³-hybridized carbons (Fsp3) is 0.364. The van der Waals surface area contributed by atoms with E-state index in [0.29, 0.717) is 12.1 Å². The zero-order valence-electron chi connectivity index (χ0n) is 8.84. The first kappa shape index (κ1) is 10.6. The van der Waals surface area contributed by atoms with Gasteiger partial charge < -0.3 is 5.32 Å². The quantitative estimate of drug-likeness (QED) is 0.621. The first-order valence-electron chi connectivity index (χ1n) is 5.09. The van der Waals surface area contributed by atoms with Crippen molar-refractivity contribution in [2.24, 2.45) is 5.92 Å². The number of amides is 1. The summed E-state index contributed by atoms with van der Waals surface area (Å²) in [7, 11) is 0. The molecule has 1 saturated carbocycles. The van der Waals surface area contributed by atoms with Crippen LogP contribution in [0.3, 0.4) is 0 Å². The van der Waals surface area contributed by atoms with E-state index < -0.39 is 12.0 Å². The van der Waals surface area contributed by atoms with E-state index in [0.717, 1.165) is 5.56 Å². The van der Waals surface area contributed by atoms with Crippen molar-refractivity contribution >= 4 is 11.6 Å². The number of benzene rings is 1. The summed E-state index contributed by atoms with van der Waals surface area (Å²) in [5.41, 5.74) is 1.79. The highest BCUT2D eigenvalue weighted by Gasteiger charge is 2.53. The van der Waals surface area contributed by atoms with Crippen molar-refractivity contribution in [1.82, 2.24) is 0 Å². The molecule has 2 rings (SSSR count). The molecule has 1 N–H and O–H groups in total. The molecule has 1 aliphatic rings. The Labute approximate surface area is 92.6 Å². The van der Waals surface area contributed by atoms with Gasteiger partial charge in [-0.2, -0.15) is 0 Å². The second-order valence-electron chi connectivity index (χ2n) is 4.05. The van der Waals surface area contributed by atoms with Gasteiger partial charge in [0.05, 0.1) is 0 Å². The van der Waals surface area contributed by atoms with Gasteiger partial charge in [-0.3, -0.25) is 14.9 Å². The lowest BCUT2D eigenvalue weighted by molar-refractivity contribution is -0.497. The van der Waals surface area contributed by atoms with Gasteiger partial charge in [-0.15, -0.1) is 0 Å². The average Bonchev–Trinajstić information content (AvgIpc) is 3.01. The number of nitro groups is 1. The van der Waals surface area contributed by atoms with Crippen LogP contribution >= 0.6 is 0 Å². The van der Waals surface area contributed by atoms with E-state index in [1.807, 2.05) is 19.1 Å². The van der Waals surface area contributed by atoms with Crippen LogP contribution in [0.2, 0.25) is 0 Å². The molecule has 0 heterocycles. The van der Waals surface area contributed by atoms with Crippen LogP contribution in [0.5, 0.6) is 0 Å². The number of aryl methyl sites for hydroxylation is 1. The molecule has 0 spiro atoms. The second-order valence-corrected chi connectivity index (χ2v) is 4.05. The summed E-state index contributed by atoms with van der Waals surface area (Å²) in [6.07, 6.45) is 0.352. The Bertz CT molecular complexity index is 427. The largest absolute Gasteiger partial charge is 0.326 e. The molecule has 1 fully saturated rings. The van der Waals surface area contributed by atoms with Gasteiger partial charge in [-0.05, 0) is 19.1 Å². The SMILES string of the molecule is Cc1ccc(NC(=O)C2CC2[N+](=O)[O-])cc1. The first-order chi connectivity index (χ1) is 7.58. The lowest BCUT2D eigenvalue weighted by atomic mass is 10.2. The highest BCUT2D eigenvalue weighted by atomic mass is 16.6. The minimum atomic E-state index is -0.689. The van der Waals surface area contributed by atoms with Gasteiger partial charge in [0, 0.05) is 17.0 Å². The van der Waals surface area contributed by atoms with Crippen molar-refractivity contribution < 1.29 is 9.72 Å². The zero-order valence-corrected chi connectivity index (χ0v) is 8.84. The van der Waals surface area contributed by atoms with Gasteiger partial charge in [0.25, 0.3) is 0 Å². The van der Waals surface area contributed by atoms with Crippen molar-refractivity contribution in [3.63, 3.8) is 0 Å². The topological polar surface area (TPSA) is 72.2 Å². The monoisotopic (exact) mass is 220 g/mol. The lowest BCUT2D eigenvalue weighted by Crippen LogP contribution is -2.18. The van der Waals surface area contributed by atoms with Gasteiger partial charge in [-0.1, -0.05) is 17.7 Å². The summed E-state index contributed by atoms with van der Waals surface area (Å²) in [4.78, 5) is 21.6. The van der Waals surface area contributed by atoms with Crippen LogP contribution in [-0.4, -0.2) is 16.9 Å². The highest BCUT2D eigenvalue weighted by molar-refractivity contribution is 5.94. The van der Waals surface area contributed by atoms with Crippen LogP contribution in [0.4, 0.5) is 5.69 Å². The Hall–Kier alpha value is -1.91. The molecular formula is C11H12N2O3. The minimum Gasteiger partial charge on any atom is -0.326 e. The van der Waals surface area contributed by atoms with Crippen molar-refractivity contribution in [2.75, 3.05) is 5.32 Å². The van der Waals surface area contributed by atoms with E-state index in [9.17, 15) is 14.9 Å². The molecule has 0 saturated heterocycles. The number of hydrogen-bond donors (Lipinski definition) is 1. The van der Waals surface area contributed by atoms with Crippen molar-refractivity contribution in [3.05, 3.63) is 39.9 Å². The summed E-state index contributed by atoms with van der Waals surface area (Å²) >= 11 is 0. The van der Waals surface area contributed by atoms with Crippen LogP contribution in [0, 0.1) is 23.0 Å². The fourth-order valence-corrected chi connectivity index (χ4v) is 1.57. The third-order valence-electron chi connectivity index (χ3n) is 2.68. The molecular weight excluding hydrogens is 208 g/mol. The van der Waals surface area contributed by atoms with E-state index in [4.69, 9.17) is 0 Å². The van der Waals surface area contributed by atoms with Gasteiger partial charge in [-0.25, -0.2) is 0 Å². The maximum Gasteiger partial charge on any atom is 0.234 e. The Morgan fingerprint density at radius 2 is 2.06 bits per heavy atom. The number of anilines is 1. The standard InChI is InChI=1S/C11H12N2O3/c1-7-2-4-8(5-3-7)12-11(14)9-6-10(9)13(15)16/h2-5,9-10H,6H2,1H3,(H,12,14). The predicted octanol–water partition coefficient (Wildman–Crippen LogP) is 1.60. The maximum absolute atomic E-state index is 11.6. The average molecular weight is 220 g/mol. The smallest absolute Gasteiger partial charge is 0.234 e. The van der Waals surface area contributed by atoms with Gasteiger partial charge in [0.2, 0.25) is 11.9 Å². The van der Waals surface area contributed by atoms with Crippen LogP contribution in [-0.2, 0) is 4.79 Å². The fourth-order valence-electron chi connectivity index (χ4n) is 1.57. The third-order valence-corrected chi connectivity index (χ3v) is 2.68. The summed E-state index contributed by atoms with van der Waals surface area (Å²) in [5, 5.41) is 13.1. The van der Waals surface area contributed by atoms with Gasteiger partial charge >= 0.3 is 0 Å². The second kappa shape index (κ2) is 3.92. The summed E-state index contributed by atoms with van der Waals surface area (Å²) < 4.78 is 0. The zero-order chi connectivity index (χ0) is 11.7. The number of nitrogens with one attached hydrogen (secondary N) is 1. The molecule has 2 atom stereocenters. The molecule has 2 unspecified atom stereocenters. The maximum atomic E-state index is 11.6. The molecule has 0 aromatic heterocycles. The molecule has 1 amide bonds. The van der Waals surface area contributed by atoms with E-state index >= 15 is 0 Å². The summed E-state index contributed by atoms with van der Waals surface area (Å²) in [5.74, 6) is -0.721. The summed E-state index contributed by atoms with van der Waals surface area (Å²) in [6.45, 7) is 1.95. The normalized spacial score (nSPS) is 22.6. The molecule has 1 aliphatic carbocycles. The molecule has 0 aliphatic heterocycles. The Kier molecular flexibility index (Phi) is 2.60. The molecule has 16 heavy (non-hydrogen) atoms.